The van der Waals surface area contributed by atoms with Crippen LogP contribution in [0.2, 0.25) is 5.15 Å². The van der Waals surface area contributed by atoms with Crippen molar-refractivity contribution in [2.45, 2.75) is 38.4 Å². The van der Waals surface area contributed by atoms with Crippen LogP contribution < -0.4 is 0 Å². The minimum absolute atomic E-state index is 0.0913. The van der Waals surface area contributed by atoms with Crippen molar-refractivity contribution < 1.29 is 28.5 Å². The van der Waals surface area contributed by atoms with E-state index in [-0.39, 0.29) is 11.8 Å². The van der Waals surface area contributed by atoms with Crippen molar-refractivity contribution in [3.63, 3.8) is 0 Å². The number of nitrogens with zero attached hydrogens (tertiary/aromatic N) is 4. The molecule has 140 valence electrons. The number of methoxy groups -OCH3 is 1. The molecule has 1 saturated heterocycles. The molecule has 0 bridgehead atoms. The normalized spacial score (nSPS) is 25.4. The highest BCUT2D eigenvalue weighted by Crippen LogP contribution is 2.35. The molecule has 1 aliphatic rings. The van der Waals surface area contributed by atoms with Crippen LogP contribution in [0.1, 0.15) is 20.1 Å². The Morgan fingerprint density at radius 2 is 2.00 bits per heavy atom. The van der Waals surface area contributed by atoms with E-state index < -0.39 is 36.5 Å². The van der Waals surface area contributed by atoms with Crippen LogP contribution in [0.25, 0.3) is 11.2 Å². The summed E-state index contributed by atoms with van der Waals surface area (Å²) in [5.41, 5.74) is 0.840. The fourth-order valence-corrected chi connectivity index (χ4v) is 3.04. The number of esters is 2. The van der Waals surface area contributed by atoms with Crippen molar-refractivity contribution in [2.24, 2.45) is 0 Å². The number of imidazole rings is 1. The number of hydrogen-bond donors (Lipinski definition) is 0. The number of carbonyl (C=O) groups is 2. The molecular weight excluding hydrogens is 368 g/mol. The first-order valence-corrected chi connectivity index (χ1v) is 8.12. The van der Waals surface area contributed by atoms with Gasteiger partial charge in [0.2, 0.25) is 0 Å². The molecule has 0 amide bonds. The Morgan fingerprint density at radius 3 is 2.65 bits per heavy atom. The van der Waals surface area contributed by atoms with Gasteiger partial charge in [-0.1, -0.05) is 11.6 Å². The Morgan fingerprint density at radius 1 is 1.23 bits per heavy atom. The molecular formula is C15H17ClN4O6. The van der Waals surface area contributed by atoms with Gasteiger partial charge in [0.15, 0.2) is 23.1 Å². The van der Waals surface area contributed by atoms with Gasteiger partial charge >= 0.3 is 11.9 Å². The molecule has 2 aromatic heterocycles. The van der Waals surface area contributed by atoms with E-state index in [1.807, 2.05) is 0 Å². The summed E-state index contributed by atoms with van der Waals surface area (Å²) in [5.74, 6) is -0.977. The monoisotopic (exact) mass is 384 g/mol. The van der Waals surface area contributed by atoms with Crippen molar-refractivity contribution in [2.75, 3.05) is 13.7 Å². The minimum Gasteiger partial charge on any atom is -0.463 e. The molecule has 11 heteroatoms. The smallest absolute Gasteiger partial charge is 0.303 e. The van der Waals surface area contributed by atoms with E-state index >= 15 is 0 Å². The largest absolute Gasteiger partial charge is 0.463 e. The Balaban J connectivity index is 1.95. The van der Waals surface area contributed by atoms with Crippen LogP contribution in [0, 0.1) is 0 Å². The second-order valence-electron chi connectivity index (χ2n) is 5.63. The first-order chi connectivity index (χ1) is 12.4. The third-order valence-corrected chi connectivity index (χ3v) is 4.18. The predicted molar refractivity (Wildman–Crippen MR) is 87.2 cm³/mol. The van der Waals surface area contributed by atoms with E-state index in [9.17, 15) is 9.59 Å². The Kier molecular flexibility index (Phi) is 5.35. The van der Waals surface area contributed by atoms with Gasteiger partial charge in [-0.2, -0.15) is 0 Å². The molecule has 0 unspecified atom stereocenters. The van der Waals surface area contributed by atoms with Crippen LogP contribution in [0.4, 0.5) is 0 Å². The summed E-state index contributed by atoms with van der Waals surface area (Å²) in [4.78, 5) is 34.9. The summed E-state index contributed by atoms with van der Waals surface area (Å²) >= 11 is 6.03. The molecule has 10 nitrogen and oxygen atoms in total. The van der Waals surface area contributed by atoms with E-state index in [1.54, 1.807) is 4.57 Å². The highest BCUT2D eigenvalue weighted by Gasteiger charge is 2.49. The zero-order chi connectivity index (χ0) is 18.8. The molecule has 26 heavy (non-hydrogen) atoms. The fourth-order valence-electron chi connectivity index (χ4n) is 2.86. The van der Waals surface area contributed by atoms with Crippen molar-refractivity contribution in [3.8, 4) is 0 Å². The van der Waals surface area contributed by atoms with E-state index in [2.05, 4.69) is 15.0 Å². The lowest BCUT2D eigenvalue weighted by atomic mass is 10.1. The highest BCUT2D eigenvalue weighted by atomic mass is 35.5. The van der Waals surface area contributed by atoms with Crippen LogP contribution in [0.15, 0.2) is 12.7 Å². The molecule has 4 atom stereocenters. The quantitative estimate of drug-likeness (QED) is 0.547. The molecule has 3 heterocycles. The Bertz CT molecular complexity index is 828. The van der Waals surface area contributed by atoms with Gasteiger partial charge in [-0.3, -0.25) is 14.2 Å². The third kappa shape index (κ3) is 3.48. The first kappa shape index (κ1) is 18.5. The van der Waals surface area contributed by atoms with Crippen molar-refractivity contribution in [1.82, 2.24) is 19.5 Å². The summed E-state index contributed by atoms with van der Waals surface area (Å²) in [6.07, 6.45) is -0.101. The molecule has 1 fully saturated rings. The van der Waals surface area contributed by atoms with Crippen LogP contribution in [0.3, 0.4) is 0 Å². The summed E-state index contributed by atoms with van der Waals surface area (Å²) in [5, 5.41) is 0.203. The van der Waals surface area contributed by atoms with Crippen LogP contribution in [0.5, 0.6) is 0 Å². The molecule has 1 aliphatic heterocycles. The molecule has 3 rings (SSSR count). The lowest BCUT2D eigenvalue weighted by Crippen LogP contribution is -2.39. The maximum absolute atomic E-state index is 11.5. The molecule has 0 radical (unpaired) electrons. The molecule has 0 saturated carbocycles. The van der Waals surface area contributed by atoms with E-state index in [1.165, 1.54) is 33.6 Å². The molecule has 0 spiro atoms. The SMILES string of the molecule is CO[C@@H]1[C@H](OC(C)=O)[C@@H](COC(C)=O)O[C@H]1n1cnc2c(Cl)ncnc21. The number of hydrogen-bond acceptors (Lipinski definition) is 9. The van der Waals surface area contributed by atoms with E-state index in [0.29, 0.717) is 11.2 Å². The molecule has 0 aliphatic carbocycles. The van der Waals surface area contributed by atoms with Gasteiger partial charge in [-0.05, 0) is 0 Å². The first-order valence-electron chi connectivity index (χ1n) is 7.74. The van der Waals surface area contributed by atoms with Gasteiger partial charge in [0.1, 0.15) is 30.7 Å². The summed E-state index contributed by atoms with van der Waals surface area (Å²) in [6.45, 7) is 2.47. The molecule has 0 aromatic carbocycles. The van der Waals surface area contributed by atoms with Gasteiger partial charge in [0, 0.05) is 21.0 Å². The zero-order valence-corrected chi connectivity index (χ0v) is 15.0. The average molecular weight is 385 g/mol. The fraction of sp³-hybridized carbons (Fsp3) is 0.533. The Labute approximate surface area is 153 Å². The highest BCUT2D eigenvalue weighted by molar-refractivity contribution is 6.33. The second-order valence-corrected chi connectivity index (χ2v) is 5.99. The zero-order valence-electron chi connectivity index (χ0n) is 14.3. The number of fused-ring (bicyclic) bond motifs is 1. The van der Waals surface area contributed by atoms with Crippen molar-refractivity contribution >= 4 is 34.7 Å². The van der Waals surface area contributed by atoms with Crippen LogP contribution >= 0.6 is 11.6 Å². The average Bonchev–Trinajstić information content (AvgIpc) is 3.14. The van der Waals surface area contributed by atoms with Crippen molar-refractivity contribution in [1.29, 1.82) is 0 Å². The molecule has 0 N–H and O–H groups in total. The number of rotatable bonds is 5. The second kappa shape index (κ2) is 7.52. The van der Waals surface area contributed by atoms with Gasteiger partial charge in [0.05, 0.1) is 6.33 Å². The number of halogens is 1. The van der Waals surface area contributed by atoms with Crippen molar-refractivity contribution in [3.05, 3.63) is 17.8 Å². The topological polar surface area (TPSA) is 115 Å². The van der Waals surface area contributed by atoms with E-state index in [0.717, 1.165) is 0 Å². The summed E-state index contributed by atoms with van der Waals surface area (Å²) in [7, 11) is 1.47. The predicted octanol–water partition coefficient (Wildman–Crippen LogP) is 0.887. The standard InChI is InChI=1S/C15H17ClN4O6/c1-7(21)24-4-9-11(25-8(2)22)12(23-3)15(26-9)20-6-19-10-13(16)17-5-18-14(10)20/h5-6,9,11-12,15H,4H2,1-3H3/t9-,11-,12-,15-/m1/s1. The minimum atomic E-state index is -0.781. The van der Waals surface area contributed by atoms with Crippen LogP contribution in [-0.4, -0.2) is 63.5 Å². The number of aromatic nitrogens is 4. The maximum Gasteiger partial charge on any atom is 0.303 e. The van der Waals surface area contributed by atoms with Gasteiger partial charge in [-0.25, -0.2) is 15.0 Å². The maximum atomic E-state index is 11.5. The van der Waals surface area contributed by atoms with Gasteiger partial charge in [0.25, 0.3) is 0 Å². The number of carbonyl (C=O) groups excluding carboxylic acids is 2. The van der Waals surface area contributed by atoms with E-state index in [4.69, 9.17) is 30.5 Å². The third-order valence-electron chi connectivity index (χ3n) is 3.90. The summed E-state index contributed by atoms with van der Waals surface area (Å²) < 4.78 is 23.5. The Hall–Kier alpha value is -2.30. The number of ether oxygens (including phenoxy) is 4. The summed E-state index contributed by atoms with van der Waals surface area (Å²) in [6, 6.07) is 0. The van der Waals surface area contributed by atoms with Gasteiger partial charge < -0.3 is 18.9 Å². The van der Waals surface area contributed by atoms with Gasteiger partial charge in [-0.15, -0.1) is 0 Å². The lowest BCUT2D eigenvalue weighted by Gasteiger charge is -2.22. The lowest BCUT2D eigenvalue weighted by molar-refractivity contribution is -0.157. The van der Waals surface area contributed by atoms with Crippen LogP contribution in [-0.2, 0) is 28.5 Å². The molecule has 2 aromatic rings.